The zero-order valence-electron chi connectivity index (χ0n) is 17.1. The van der Waals surface area contributed by atoms with Gasteiger partial charge in [0.05, 0.1) is 28.1 Å². The van der Waals surface area contributed by atoms with Gasteiger partial charge in [0.2, 0.25) is 0 Å². The first kappa shape index (κ1) is 21.4. The monoisotopic (exact) mass is 470 g/mol. The highest BCUT2D eigenvalue weighted by atomic mass is 32.1. The van der Waals surface area contributed by atoms with E-state index >= 15 is 0 Å². The summed E-state index contributed by atoms with van der Waals surface area (Å²) in [5.41, 5.74) is 2.61. The van der Waals surface area contributed by atoms with Crippen molar-refractivity contribution < 1.29 is 13.2 Å². The Labute approximate surface area is 190 Å². The summed E-state index contributed by atoms with van der Waals surface area (Å²) < 4.78 is 38.3. The van der Waals surface area contributed by atoms with Crippen LogP contribution in [0.25, 0.3) is 22.0 Å². The molecule has 0 radical (unpaired) electrons. The lowest BCUT2D eigenvalue weighted by Gasteiger charge is -2.27. The number of nitrogens with one attached hydrogen (secondary N) is 1. The number of alkyl halides is 3. The molecule has 4 heterocycles. The van der Waals surface area contributed by atoms with Crippen LogP contribution in [0, 0.1) is 0 Å². The van der Waals surface area contributed by atoms with Crippen molar-refractivity contribution in [2.75, 3.05) is 6.54 Å². The average Bonchev–Trinajstić information content (AvgIpc) is 3.28. The summed E-state index contributed by atoms with van der Waals surface area (Å²) in [5.74, 6) is 0.452. The lowest BCUT2D eigenvalue weighted by Crippen LogP contribution is -2.35. The molecule has 0 fully saturated rings. The Bertz CT molecular complexity index is 1330. The molecule has 0 spiro atoms. The molecule has 33 heavy (non-hydrogen) atoms. The maximum absolute atomic E-state index is 12.8. The van der Waals surface area contributed by atoms with E-state index in [9.17, 15) is 18.0 Å². The van der Waals surface area contributed by atoms with Crippen LogP contribution in [0.1, 0.15) is 22.5 Å². The number of aromatic amines is 1. The molecule has 168 valence electrons. The van der Waals surface area contributed by atoms with Gasteiger partial charge in [0.25, 0.3) is 5.56 Å². The normalized spacial score (nSPS) is 14.3. The van der Waals surface area contributed by atoms with Crippen LogP contribution in [0.15, 0.2) is 53.2 Å². The zero-order valence-corrected chi connectivity index (χ0v) is 18.0. The van der Waals surface area contributed by atoms with Crippen molar-refractivity contribution in [1.29, 1.82) is 0 Å². The number of nitrogens with zero attached hydrogens (tertiary/aromatic N) is 5. The van der Waals surface area contributed by atoms with Crippen LogP contribution < -0.4 is 5.56 Å². The Kier molecular flexibility index (Phi) is 5.51. The molecule has 1 aromatic carbocycles. The van der Waals surface area contributed by atoms with Crippen LogP contribution in [0.3, 0.4) is 0 Å². The predicted octanol–water partition coefficient (Wildman–Crippen LogP) is 3.93. The topological polar surface area (TPSA) is 87.7 Å². The Hall–Kier alpha value is -3.44. The van der Waals surface area contributed by atoms with Crippen molar-refractivity contribution in [3.05, 3.63) is 81.2 Å². The van der Waals surface area contributed by atoms with Crippen molar-refractivity contribution in [2.24, 2.45) is 0 Å². The number of H-pyrrole nitrogens is 1. The number of thiazole rings is 1. The van der Waals surface area contributed by atoms with Gasteiger partial charge in [-0.1, -0.05) is 12.1 Å². The zero-order chi connectivity index (χ0) is 23.0. The van der Waals surface area contributed by atoms with Gasteiger partial charge < -0.3 is 4.98 Å². The standard InChI is InChI=1S/C22H17F3N6OS/c23-22(24,25)15-3-1-13(2-4-15)21-28-16(11-33-21)9-31-6-5-18-17(10-31)20(32)30-19(29-18)14-7-26-12-27-8-14/h1-4,7-8,11-12H,5-6,9-10H2,(H,29,30,32). The fourth-order valence-corrected chi connectivity index (χ4v) is 4.53. The SMILES string of the molecule is O=c1[nH]c(-c2cncnc2)nc2c1CN(Cc1csc(-c3ccc(C(F)(F)F)cc3)n1)CC2. The highest BCUT2D eigenvalue weighted by Gasteiger charge is 2.30. The molecule has 0 saturated heterocycles. The molecule has 3 aromatic heterocycles. The molecule has 1 aliphatic heterocycles. The van der Waals surface area contributed by atoms with E-state index in [-0.39, 0.29) is 5.56 Å². The number of hydrogen-bond donors (Lipinski definition) is 1. The van der Waals surface area contributed by atoms with Gasteiger partial charge in [-0.2, -0.15) is 13.2 Å². The highest BCUT2D eigenvalue weighted by Crippen LogP contribution is 2.32. The van der Waals surface area contributed by atoms with Crippen LogP contribution in [0.5, 0.6) is 0 Å². The first-order valence-electron chi connectivity index (χ1n) is 10.1. The lowest BCUT2D eigenvalue weighted by atomic mass is 10.1. The average molecular weight is 470 g/mol. The molecule has 0 aliphatic carbocycles. The summed E-state index contributed by atoms with van der Waals surface area (Å²) >= 11 is 1.38. The van der Waals surface area contributed by atoms with E-state index < -0.39 is 11.7 Å². The summed E-state index contributed by atoms with van der Waals surface area (Å²) in [7, 11) is 0. The van der Waals surface area contributed by atoms with Gasteiger partial charge in [-0.15, -0.1) is 11.3 Å². The van der Waals surface area contributed by atoms with Crippen LogP contribution in [0.4, 0.5) is 13.2 Å². The van der Waals surface area contributed by atoms with E-state index in [1.807, 2.05) is 5.38 Å². The minimum Gasteiger partial charge on any atom is -0.306 e. The van der Waals surface area contributed by atoms with Gasteiger partial charge in [0, 0.05) is 49.4 Å². The van der Waals surface area contributed by atoms with Crippen LogP contribution in [0.2, 0.25) is 0 Å². The number of aromatic nitrogens is 5. The predicted molar refractivity (Wildman–Crippen MR) is 116 cm³/mol. The summed E-state index contributed by atoms with van der Waals surface area (Å²) in [4.78, 5) is 34.7. The molecule has 0 unspecified atom stereocenters. The smallest absolute Gasteiger partial charge is 0.306 e. The van der Waals surface area contributed by atoms with E-state index in [4.69, 9.17) is 0 Å². The van der Waals surface area contributed by atoms with Crippen molar-refractivity contribution in [3.63, 3.8) is 0 Å². The van der Waals surface area contributed by atoms with Gasteiger partial charge in [-0.05, 0) is 12.1 Å². The lowest BCUT2D eigenvalue weighted by molar-refractivity contribution is -0.137. The number of halogens is 3. The fourth-order valence-electron chi connectivity index (χ4n) is 3.72. The second kappa shape index (κ2) is 8.49. The van der Waals surface area contributed by atoms with Crippen LogP contribution >= 0.6 is 11.3 Å². The molecule has 7 nitrogen and oxygen atoms in total. The van der Waals surface area contributed by atoms with E-state index in [1.165, 1.54) is 29.8 Å². The van der Waals surface area contributed by atoms with Crippen molar-refractivity contribution in [1.82, 2.24) is 29.8 Å². The number of benzene rings is 1. The summed E-state index contributed by atoms with van der Waals surface area (Å²) in [6.07, 6.45) is 0.876. The molecule has 1 aliphatic rings. The molecule has 0 bridgehead atoms. The Morgan fingerprint density at radius 1 is 1.06 bits per heavy atom. The van der Waals surface area contributed by atoms with Crippen molar-refractivity contribution in [3.8, 4) is 22.0 Å². The molecular formula is C22H17F3N6OS. The quantitative estimate of drug-likeness (QED) is 0.486. The van der Waals surface area contributed by atoms with Gasteiger partial charge in [0.1, 0.15) is 17.2 Å². The maximum Gasteiger partial charge on any atom is 0.416 e. The second-order valence-corrected chi connectivity index (χ2v) is 8.50. The first-order valence-corrected chi connectivity index (χ1v) is 11.0. The van der Waals surface area contributed by atoms with Crippen LogP contribution in [-0.4, -0.2) is 36.4 Å². The van der Waals surface area contributed by atoms with E-state index in [0.29, 0.717) is 53.6 Å². The van der Waals surface area contributed by atoms with Crippen LogP contribution in [-0.2, 0) is 25.7 Å². The second-order valence-electron chi connectivity index (χ2n) is 7.65. The Morgan fingerprint density at radius 2 is 1.82 bits per heavy atom. The third-order valence-corrected chi connectivity index (χ3v) is 6.32. The number of fused-ring (bicyclic) bond motifs is 1. The molecule has 0 atom stereocenters. The van der Waals surface area contributed by atoms with E-state index in [2.05, 4.69) is 29.8 Å². The maximum atomic E-state index is 12.8. The Morgan fingerprint density at radius 3 is 2.55 bits per heavy atom. The first-order chi connectivity index (χ1) is 15.9. The third-order valence-electron chi connectivity index (χ3n) is 5.38. The highest BCUT2D eigenvalue weighted by molar-refractivity contribution is 7.13. The molecular weight excluding hydrogens is 453 g/mol. The fraction of sp³-hybridized carbons (Fsp3) is 0.227. The van der Waals surface area contributed by atoms with Crippen molar-refractivity contribution in [2.45, 2.75) is 25.7 Å². The molecule has 4 aromatic rings. The van der Waals surface area contributed by atoms with Gasteiger partial charge in [-0.3, -0.25) is 9.69 Å². The molecule has 1 N–H and O–H groups in total. The molecule has 5 rings (SSSR count). The summed E-state index contributed by atoms with van der Waals surface area (Å²) in [6.45, 7) is 1.68. The molecule has 0 amide bonds. The van der Waals surface area contributed by atoms with Gasteiger partial charge >= 0.3 is 6.18 Å². The third kappa shape index (κ3) is 4.55. The molecule has 0 saturated carbocycles. The minimum absolute atomic E-state index is 0.188. The number of hydrogen-bond acceptors (Lipinski definition) is 7. The van der Waals surface area contributed by atoms with Gasteiger partial charge in [-0.25, -0.2) is 19.9 Å². The molecule has 11 heteroatoms. The summed E-state index contributed by atoms with van der Waals surface area (Å²) in [5, 5.41) is 2.55. The van der Waals surface area contributed by atoms with E-state index in [1.54, 1.807) is 12.4 Å². The largest absolute Gasteiger partial charge is 0.416 e. The Balaban J connectivity index is 1.30. The minimum atomic E-state index is -4.36. The van der Waals surface area contributed by atoms with Gasteiger partial charge in [0.15, 0.2) is 0 Å². The van der Waals surface area contributed by atoms with Crippen molar-refractivity contribution >= 4 is 11.3 Å². The summed E-state index contributed by atoms with van der Waals surface area (Å²) in [6, 6.07) is 4.99. The van der Waals surface area contributed by atoms with E-state index in [0.717, 1.165) is 23.5 Å². The number of rotatable bonds is 4.